The van der Waals surface area contributed by atoms with E-state index in [0.29, 0.717) is 30.4 Å². The van der Waals surface area contributed by atoms with Crippen LogP contribution < -0.4 is 0 Å². The van der Waals surface area contributed by atoms with Gasteiger partial charge in [0.05, 0.1) is 22.4 Å². The molecule has 52 heavy (non-hydrogen) atoms. The molecular weight excluding hydrogens is 823 g/mol. The molecule has 0 amide bonds. The van der Waals surface area contributed by atoms with E-state index < -0.39 is 0 Å². The molecule has 0 unspecified atom stereocenters. The molecule has 0 aromatic heterocycles. The summed E-state index contributed by atoms with van der Waals surface area (Å²) in [4.78, 5) is 26.5. The molecule has 10 heteroatoms. The maximum atomic E-state index is 13.3. The molecule has 274 valence electrons. The molecule has 2 aromatic carbocycles. The lowest BCUT2D eigenvalue weighted by molar-refractivity contribution is -0.114. The van der Waals surface area contributed by atoms with Crippen LogP contribution in [0.5, 0.6) is 0 Å². The van der Waals surface area contributed by atoms with Gasteiger partial charge in [0.25, 0.3) is 0 Å². The number of carbonyl (C=O) groups is 2. The molecule has 0 bridgehead atoms. The van der Waals surface area contributed by atoms with Crippen molar-refractivity contribution in [2.75, 3.05) is 0 Å². The van der Waals surface area contributed by atoms with Gasteiger partial charge in [-0.2, -0.15) is 10.2 Å². The van der Waals surface area contributed by atoms with Crippen molar-refractivity contribution in [1.29, 1.82) is 0 Å². The number of hydrogen-bond donors (Lipinski definition) is 0. The zero-order valence-corrected chi connectivity index (χ0v) is 36.6. The Kier molecular flexibility index (Phi) is 12.3. The van der Waals surface area contributed by atoms with E-state index in [2.05, 4.69) is 52.3 Å². The van der Waals surface area contributed by atoms with Crippen molar-refractivity contribution < 1.29 is 9.59 Å². The lowest BCUT2D eigenvalue weighted by atomic mass is 9.72. The predicted octanol–water partition coefficient (Wildman–Crippen LogP) is 15.2. The van der Waals surface area contributed by atoms with E-state index in [1.54, 1.807) is 30.6 Å². The minimum absolute atomic E-state index is 0.0628. The first-order chi connectivity index (χ1) is 23.8. The molecule has 4 rings (SSSR count). The number of halogens is 4. The van der Waals surface area contributed by atoms with Crippen molar-refractivity contribution in [3.05, 3.63) is 113 Å². The predicted molar refractivity (Wildman–Crippen MR) is 223 cm³/mol. The standard InChI is InChI=1S/C42H46Br2Cl2N4O2/c1-39(2,3)27-13-23(14-28(37(27)51)40(4,5)6)21-47-49-35-20-33(45)26(17-32(35)44)25-18-34(46)36(19-31(25)43)50-48-22-24-15-29(41(7,8)9)38(52)30(16-24)42(10,11)12/h13-22H,1-12H3. The van der Waals surface area contributed by atoms with Crippen LogP contribution in [0.2, 0.25) is 10.0 Å². The molecule has 6 nitrogen and oxygen atoms in total. The molecule has 0 saturated carbocycles. The van der Waals surface area contributed by atoms with E-state index in [1.807, 2.05) is 113 Å². The summed E-state index contributed by atoms with van der Waals surface area (Å²) >= 11 is 20.8. The Labute approximate surface area is 335 Å². The fourth-order valence-electron chi connectivity index (χ4n) is 5.63. The fraction of sp³-hybridized carbons (Fsp3) is 0.381. The van der Waals surface area contributed by atoms with Crippen LogP contribution in [0.4, 0.5) is 11.4 Å². The number of allylic oxidation sites excluding steroid dienone is 10. The summed E-state index contributed by atoms with van der Waals surface area (Å²) in [7, 11) is 0. The van der Waals surface area contributed by atoms with Gasteiger partial charge in [0.2, 0.25) is 0 Å². The molecule has 2 aliphatic rings. The van der Waals surface area contributed by atoms with Crippen LogP contribution >= 0.6 is 55.1 Å². The third-order valence-electron chi connectivity index (χ3n) is 8.56. The molecule has 0 fully saturated rings. The summed E-state index contributed by atoms with van der Waals surface area (Å²) in [6.45, 7) is 24.4. The molecule has 0 saturated heterocycles. The van der Waals surface area contributed by atoms with Gasteiger partial charge < -0.3 is 0 Å². The quantitative estimate of drug-likeness (QED) is 0.280. The highest BCUT2D eigenvalue weighted by Gasteiger charge is 2.35. The number of hydrogen-bond acceptors (Lipinski definition) is 6. The number of rotatable bonds is 5. The lowest BCUT2D eigenvalue weighted by Gasteiger charge is -2.31. The summed E-state index contributed by atoms with van der Waals surface area (Å²) in [5, 5.41) is 18.4. The Morgan fingerprint density at radius 3 is 1.27 bits per heavy atom. The topological polar surface area (TPSA) is 83.6 Å². The Morgan fingerprint density at radius 1 is 0.500 bits per heavy atom. The van der Waals surface area contributed by atoms with Crippen LogP contribution in [0.1, 0.15) is 83.1 Å². The zero-order valence-electron chi connectivity index (χ0n) is 31.9. The van der Waals surface area contributed by atoms with E-state index >= 15 is 0 Å². The van der Waals surface area contributed by atoms with Crippen molar-refractivity contribution in [1.82, 2.24) is 0 Å². The zero-order chi connectivity index (χ0) is 39.1. The number of ketones is 2. The largest absolute Gasteiger partial charge is 0.289 e. The van der Waals surface area contributed by atoms with Gasteiger partial charge in [-0.3, -0.25) is 9.59 Å². The number of carbonyl (C=O) groups excluding carboxylic acids is 2. The first-order valence-electron chi connectivity index (χ1n) is 17.0. The summed E-state index contributed by atoms with van der Waals surface area (Å²) in [6.07, 6.45) is 10.9. The normalized spacial score (nSPS) is 16.4. The second-order valence-electron chi connectivity index (χ2n) is 17.1. The summed E-state index contributed by atoms with van der Waals surface area (Å²) < 4.78 is 1.40. The van der Waals surface area contributed by atoms with Gasteiger partial charge in [-0.1, -0.05) is 122 Å². The SMILES string of the molecule is CC(C)(C)C1=CC(=CN=Nc2cc(Br)c(-c3cc(Br)c(N=NC=C4C=C(C(C)(C)C)C(=O)C(C(C)(C)C)=C4)cc3Cl)cc2Cl)C=C(C(C)(C)C)C1=O. The van der Waals surface area contributed by atoms with E-state index in [4.69, 9.17) is 23.2 Å². The Balaban J connectivity index is 1.63. The second kappa shape index (κ2) is 15.4. The van der Waals surface area contributed by atoms with E-state index in [0.717, 1.165) is 44.6 Å². The average Bonchev–Trinajstić information content (AvgIpc) is 2.99. The molecule has 0 N–H and O–H groups in total. The Bertz CT molecular complexity index is 1870. The smallest absolute Gasteiger partial charge is 0.186 e. The fourth-order valence-corrected chi connectivity index (χ4v) is 7.06. The number of Topliss-reactive ketones (excluding diaryl/α,β-unsaturated/α-hetero) is 2. The lowest BCUT2D eigenvalue weighted by Crippen LogP contribution is -2.27. The Hall–Kier alpha value is -3.04. The van der Waals surface area contributed by atoms with Gasteiger partial charge in [-0.15, -0.1) is 10.2 Å². The number of nitrogens with zero attached hydrogens (tertiary/aromatic N) is 4. The molecule has 0 radical (unpaired) electrons. The van der Waals surface area contributed by atoms with Gasteiger partial charge >= 0.3 is 0 Å². The third kappa shape index (κ3) is 9.73. The first kappa shape index (κ1) is 41.7. The second-order valence-corrected chi connectivity index (χ2v) is 19.7. The monoisotopic (exact) mass is 866 g/mol. The van der Waals surface area contributed by atoms with Gasteiger partial charge in [0.1, 0.15) is 11.4 Å². The average molecular weight is 870 g/mol. The molecular formula is C42H46Br2Cl2N4O2. The van der Waals surface area contributed by atoms with Crippen molar-refractivity contribution in [3.63, 3.8) is 0 Å². The highest BCUT2D eigenvalue weighted by Crippen LogP contribution is 2.44. The van der Waals surface area contributed by atoms with Crippen LogP contribution in [-0.2, 0) is 9.59 Å². The van der Waals surface area contributed by atoms with Crippen molar-refractivity contribution in [2.45, 2.75) is 83.1 Å². The maximum absolute atomic E-state index is 13.3. The van der Waals surface area contributed by atoms with Gasteiger partial charge in [-0.25, -0.2) is 0 Å². The molecule has 2 aliphatic carbocycles. The van der Waals surface area contributed by atoms with Crippen molar-refractivity contribution >= 4 is 78.0 Å². The minimum Gasteiger partial charge on any atom is -0.289 e. The molecule has 2 aromatic rings. The molecule has 0 spiro atoms. The summed E-state index contributed by atoms with van der Waals surface area (Å²) in [5.74, 6) is 0.129. The van der Waals surface area contributed by atoms with Crippen molar-refractivity contribution in [2.24, 2.45) is 42.1 Å². The van der Waals surface area contributed by atoms with Crippen LogP contribution in [0, 0.1) is 21.7 Å². The van der Waals surface area contributed by atoms with Crippen molar-refractivity contribution in [3.8, 4) is 11.1 Å². The summed E-state index contributed by atoms with van der Waals surface area (Å²) in [6, 6.07) is 7.16. The van der Waals surface area contributed by atoms with Gasteiger partial charge in [0, 0.05) is 36.8 Å². The number of benzene rings is 2. The Morgan fingerprint density at radius 2 is 0.885 bits per heavy atom. The van der Waals surface area contributed by atoms with Gasteiger partial charge in [0.15, 0.2) is 11.6 Å². The number of azo groups is 2. The van der Waals surface area contributed by atoms with Crippen LogP contribution in [0.25, 0.3) is 11.1 Å². The van der Waals surface area contributed by atoms with Crippen LogP contribution in [0.3, 0.4) is 0 Å². The molecule has 0 heterocycles. The minimum atomic E-state index is -0.323. The molecule has 0 aliphatic heterocycles. The maximum Gasteiger partial charge on any atom is 0.186 e. The van der Waals surface area contributed by atoms with E-state index in [-0.39, 0.29) is 33.2 Å². The van der Waals surface area contributed by atoms with E-state index in [1.165, 1.54) is 0 Å². The van der Waals surface area contributed by atoms with Crippen LogP contribution in [-0.4, -0.2) is 11.6 Å². The van der Waals surface area contributed by atoms with Crippen LogP contribution in [0.15, 0.2) is 124 Å². The summed E-state index contributed by atoms with van der Waals surface area (Å²) in [5.41, 5.74) is 5.74. The van der Waals surface area contributed by atoms with E-state index in [9.17, 15) is 9.59 Å². The first-order valence-corrected chi connectivity index (χ1v) is 19.3. The van der Waals surface area contributed by atoms with Gasteiger partial charge in [-0.05, 0) is 103 Å². The third-order valence-corrected chi connectivity index (χ3v) is 10.5. The molecule has 0 atom stereocenters. The highest BCUT2D eigenvalue weighted by atomic mass is 79.9. The highest BCUT2D eigenvalue weighted by molar-refractivity contribution is 9.11.